The summed E-state index contributed by atoms with van der Waals surface area (Å²) in [5, 5.41) is 13.6. The molecule has 1 aromatic carbocycles. The summed E-state index contributed by atoms with van der Waals surface area (Å²) in [6, 6.07) is 8.77. The Morgan fingerprint density at radius 3 is 2.41 bits per heavy atom. The molecule has 0 radical (unpaired) electrons. The van der Waals surface area contributed by atoms with Crippen LogP contribution in [0.1, 0.15) is 43.7 Å². The fraction of sp³-hybridized carbons (Fsp3) is 0.556. The quantitative estimate of drug-likeness (QED) is 0.475. The maximum absolute atomic E-state index is 12.6. The van der Waals surface area contributed by atoms with E-state index in [1.54, 1.807) is 6.20 Å². The molecule has 37 heavy (non-hydrogen) atoms. The van der Waals surface area contributed by atoms with Crippen LogP contribution in [0.2, 0.25) is 0 Å². The number of aliphatic hydroxyl groups is 1. The van der Waals surface area contributed by atoms with E-state index in [0.717, 1.165) is 74.9 Å². The van der Waals surface area contributed by atoms with Gasteiger partial charge in [0.25, 0.3) is 0 Å². The fourth-order valence-corrected chi connectivity index (χ4v) is 5.33. The van der Waals surface area contributed by atoms with E-state index in [1.165, 1.54) is 5.56 Å². The average Bonchev–Trinajstić information content (AvgIpc) is 3.24. The van der Waals surface area contributed by atoms with Gasteiger partial charge in [0.05, 0.1) is 12.5 Å². The number of anilines is 1. The Balaban J connectivity index is 1.40. The number of rotatable bonds is 7. The molecule has 0 bridgehead atoms. The number of aliphatic hydroxyl groups excluding tert-OH is 1. The number of halogens is 3. The summed E-state index contributed by atoms with van der Waals surface area (Å²) in [4.78, 5) is 13.8. The van der Waals surface area contributed by atoms with Gasteiger partial charge in [0, 0.05) is 68.7 Å². The summed E-state index contributed by atoms with van der Waals surface area (Å²) in [6.45, 7) is 4.96. The molecule has 200 valence electrons. The van der Waals surface area contributed by atoms with Gasteiger partial charge in [-0.3, -0.25) is 4.90 Å². The predicted octanol–water partition coefficient (Wildman–Crippen LogP) is 4.69. The lowest BCUT2D eigenvalue weighted by Gasteiger charge is -2.32. The third kappa shape index (κ3) is 6.42. The van der Waals surface area contributed by atoms with Crippen molar-refractivity contribution in [1.82, 2.24) is 24.3 Å². The van der Waals surface area contributed by atoms with Crippen LogP contribution in [0.25, 0.3) is 22.2 Å². The smallest absolute Gasteiger partial charge is 0.390 e. The number of hydrogen-bond donors (Lipinski definition) is 2. The SMILES string of the molecule is CN1CCN(Cc2ccc(-c3cn(C4CCC(O)CC4)c4nc(NCCC(F)(F)F)ncc34)cc2)CC1. The summed E-state index contributed by atoms with van der Waals surface area (Å²) in [5.41, 5.74) is 4.05. The molecule has 1 saturated carbocycles. The van der Waals surface area contributed by atoms with Crippen LogP contribution in [0.4, 0.5) is 19.1 Å². The Morgan fingerprint density at radius 2 is 1.73 bits per heavy atom. The number of likely N-dealkylation sites (N-methyl/N-ethyl adjacent to an activating group) is 1. The normalized spacial score (nSPS) is 22.0. The van der Waals surface area contributed by atoms with Gasteiger partial charge < -0.3 is 19.9 Å². The number of aromatic nitrogens is 3. The van der Waals surface area contributed by atoms with Crippen molar-refractivity contribution in [3.8, 4) is 11.1 Å². The summed E-state index contributed by atoms with van der Waals surface area (Å²) < 4.78 is 39.9. The van der Waals surface area contributed by atoms with Crippen molar-refractivity contribution >= 4 is 17.0 Å². The molecule has 0 spiro atoms. The van der Waals surface area contributed by atoms with E-state index in [4.69, 9.17) is 0 Å². The molecular weight excluding hydrogens is 481 g/mol. The van der Waals surface area contributed by atoms with E-state index >= 15 is 0 Å². The minimum Gasteiger partial charge on any atom is -0.393 e. The summed E-state index contributed by atoms with van der Waals surface area (Å²) in [6.07, 6.45) is 1.46. The molecule has 1 aliphatic carbocycles. The number of fused-ring (bicyclic) bond motifs is 1. The Labute approximate surface area is 215 Å². The average molecular weight is 517 g/mol. The second-order valence-corrected chi connectivity index (χ2v) is 10.4. The zero-order valence-corrected chi connectivity index (χ0v) is 21.2. The van der Waals surface area contributed by atoms with Gasteiger partial charge in [-0.1, -0.05) is 24.3 Å². The van der Waals surface area contributed by atoms with Gasteiger partial charge in [0.2, 0.25) is 5.95 Å². The number of nitrogens with one attached hydrogen (secondary N) is 1. The van der Waals surface area contributed by atoms with Crippen molar-refractivity contribution in [3.63, 3.8) is 0 Å². The van der Waals surface area contributed by atoms with Crippen molar-refractivity contribution in [3.05, 3.63) is 42.2 Å². The Kier molecular flexibility index (Phi) is 7.69. The van der Waals surface area contributed by atoms with E-state index in [1.807, 2.05) is 0 Å². The molecule has 2 aliphatic rings. The first-order valence-corrected chi connectivity index (χ1v) is 13.1. The standard InChI is InChI=1S/C27H35F3N6O/c1-34-12-14-35(15-13-34)17-19-2-4-20(5-3-19)24-18-36(21-6-8-22(37)9-7-21)25-23(24)16-32-26(33-25)31-11-10-27(28,29)30/h2-5,16,18,21-22,37H,6-15,17H2,1H3,(H,31,32,33). The summed E-state index contributed by atoms with van der Waals surface area (Å²) >= 11 is 0. The third-order valence-electron chi connectivity index (χ3n) is 7.59. The van der Waals surface area contributed by atoms with Crippen LogP contribution >= 0.6 is 0 Å². The zero-order chi connectivity index (χ0) is 26.0. The topological polar surface area (TPSA) is 69.5 Å². The van der Waals surface area contributed by atoms with E-state index in [9.17, 15) is 18.3 Å². The summed E-state index contributed by atoms with van der Waals surface area (Å²) in [7, 11) is 2.16. The number of hydrogen-bond acceptors (Lipinski definition) is 6. The van der Waals surface area contributed by atoms with Gasteiger partial charge in [0.1, 0.15) is 5.65 Å². The zero-order valence-electron chi connectivity index (χ0n) is 21.2. The van der Waals surface area contributed by atoms with Gasteiger partial charge >= 0.3 is 6.18 Å². The summed E-state index contributed by atoms with van der Waals surface area (Å²) in [5.74, 6) is 0.195. The van der Waals surface area contributed by atoms with E-state index in [2.05, 4.69) is 67.2 Å². The van der Waals surface area contributed by atoms with Gasteiger partial charge in [-0.25, -0.2) is 4.98 Å². The second kappa shape index (κ2) is 11.0. The maximum atomic E-state index is 12.6. The van der Waals surface area contributed by atoms with E-state index in [-0.39, 0.29) is 24.6 Å². The van der Waals surface area contributed by atoms with E-state index in [0.29, 0.717) is 5.65 Å². The molecule has 0 unspecified atom stereocenters. The number of nitrogens with zero attached hydrogens (tertiary/aromatic N) is 5. The molecule has 10 heteroatoms. The fourth-order valence-electron chi connectivity index (χ4n) is 5.33. The molecular formula is C27H35F3N6O. The van der Waals surface area contributed by atoms with Crippen LogP contribution in [0.15, 0.2) is 36.7 Å². The van der Waals surface area contributed by atoms with Crippen LogP contribution in [0, 0.1) is 0 Å². The Hall–Kier alpha value is -2.69. The first kappa shape index (κ1) is 25.9. The molecule has 3 aromatic rings. The van der Waals surface area contributed by atoms with Crippen LogP contribution in [-0.4, -0.2) is 81.5 Å². The van der Waals surface area contributed by atoms with Gasteiger partial charge in [0.15, 0.2) is 0 Å². The number of alkyl halides is 3. The highest BCUT2D eigenvalue weighted by molar-refractivity contribution is 5.94. The van der Waals surface area contributed by atoms with Gasteiger partial charge in [-0.2, -0.15) is 18.2 Å². The van der Waals surface area contributed by atoms with Crippen LogP contribution < -0.4 is 5.32 Å². The monoisotopic (exact) mass is 516 g/mol. The molecule has 1 aliphatic heterocycles. The molecule has 3 heterocycles. The lowest BCUT2D eigenvalue weighted by atomic mass is 9.93. The van der Waals surface area contributed by atoms with Crippen molar-refractivity contribution in [2.75, 3.05) is 45.1 Å². The Morgan fingerprint density at radius 1 is 1.03 bits per heavy atom. The minimum atomic E-state index is -4.23. The lowest BCUT2D eigenvalue weighted by Crippen LogP contribution is -2.43. The molecule has 2 aromatic heterocycles. The highest BCUT2D eigenvalue weighted by Crippen LogP contribution is 2.37. The molecule has 2 N–H and O–H groups in total. The van der Waals surface area contributed by atoms with Crippen LogP contribution in [0.5, 0.6) is 0 Å². The van der Waals surface area contributed by atoms with Crippen LogP contribution in [0.3, 0.4) is 0 Å². The van der Waals surface area contributed by atoms with Crippen molar-refractivity contribution < 1.29 is 18.3 Å². The van der Waals surface area contributed by atoms with E-state index < -0.39 is 12.6 Å². The largest absolute Gasteiger partial charge is 0.393 e. The first-order valence-electron chi connectivity index (χ1n) is 13.1. The highest BCUT2D eigenvalue weighted by atomic mass is 19.4. The number of piperazine rings is 1. The Bertz CT molecular complexity index is 1180. The highest BCUT2D eigenvalue weighted by Gasteiger charge is 2.27. The van der Waals surface area contributed by atoms with Crippen molar-refractivity contribution in [2.45, 2.75) is 57.0 Å². The van der Waals surface area contributed by atoms with Crippen molar-refractivity contribution in [1.29, 1.82) is 0 Å². The van der Waals surface area contributed by atoms with Gasteiger partial charge in [-0.15, -0.1) is 0 Å². The molecule has 7 nitrogen and oxygen atoms in total. The van der Waals surface area contributed by atoms with Crippen molar-refractivity contribution in [2.24, 2.45) is 0 Å². The molecule has 1 saturated heterocycles. The number of benzene rings is 1. The second-order valence-electron chi connectivity index (χ2n) is 10.4. The maximum Gasteiger partial charge on any atom is 0.390 e. The molecule has 0 atom stereocenters. The van der Waals surface area contributed by atoms with Gasteiger partial charge in [-0.05, 0) is 43.9 Å². The lowest BCUT2D eigenvalue weighted by molar-refractivity contribution is -0.131. The van der Waals surface area contributed by atoms with Crippen LogP contribution in [-0.2, 0) is 6.54 Å². The molecule has 2 fully saturated rings. The first-order chi connectivity index (χ1) is 17.7. The molecule has 0 amide bonds. The minimum absolute atomic E-state index is 0.175. The predicted molar refractivity (Wildman–Crippen MR) is 138 cm³/mol. The third-order valence-corrected chi connectivity index (χ3v) is 7.59. The molecule has 5 rings (SSSR count).